The Morgan fingerprint density at radius 1 is 1.00 bits per heavy atom. The minimum Gasteiger partial charge on any atom is -0.373 e. The molecule has 1 saturated carbocycles. The van der Waals surface area contributed by atoms with Gasteiger partial charge in [-0.2, -0.15) is 0 Å². The molecular weight excluding hydrogens is 400 g/mol. The predicted molar refractivity (Wildman–Crippen MR) is 129 cm³/mol. The van der Waals surface area contributed by atoms with Gasteiger partial charge < -0.3 is 10.4 Å². The van der Waals surface area contributed by atoms with Crippen molar-refractivity contribution in [2.45, 2.75) is 64.5 Å². The Kier molecular flexibility index (Phi) is 6.20. The number of anilines is 1. The molecular formula is C27H32N2O3. The molecule has 0 spiro atoms. The number of aromatic nitrogens is 1. The van der Waals surface area contributed by atoms with Gasteiger partial charge in [0.1, 0.15) is 6.23 Å². The first-order valence-corrected chi connectivity index (χ1v) is 11.5. The van der Waals surface area contributed by atoms with Crippen molar-refractivity contribution in [3.05, 3.63) is 76.2 Å². The quantitative estimate of drug-likeness (QED) is 0.562. The zero-order valence-electron chi connectivity index (χ0n) is 19.1. The number of hydrogen-bond acceptors (Lipinski definition) is 3. The lowest BCUT2D eigenvalue weighted by atomic mass is 9.86. The average Bonchev–Trinajstić information content (AvgIpc) is 2.79. The Labute approximate surface area is 189 Å². The van der Waals surface area contributed by atoms with Crippen LogP contribution in [-0.2, 0) is 5.41 Å². The molecule has 2 aromatic carbocycles. The van der Waals surface area contributed by atoms with Crippen molar-refractivity contribution in [1.29, 1.82) is 0 Å². The molecule has 4 rings (SSSR count). The van der Waals surface area contributed by atoms with Crippen LogP contribution >= 0.6 is 0 Å². The summed E-state index contributed by atoms with van der Waals surface area (Å²) < 4.78 is 1.44. The van der Waals surface area contributed by atoms with E-state index in [-0.39, 0.29) is 22.8 Å². The summed E-state index contributed by atoms with van der Waals surface area (Å²) in [5.41, 5.74) is 2.11. The van der Waals surface area contributed by atoms with Gasteiger partial charge >= 0.3 is 0 Å². The second kappa shape index (κ2) is 8.91. The van der Waals surface area contributed by atoms with E-state index in [1.165, 1.54) is 11.0 Å². The molecule has 1 heterocycles. The zero-order chi connectivity index (χ0) is 22.9. The molecule has 1 unspecified atom stereocenters. The maximum atomic E-state index is 13.1. The van der Waals surface area contributed by atoms with Crippen LogP contribution in [0.2, 0.25) is 0 Å². The first-order valence-electron chi connectivity index (χ1n) is 11.5. The number of carbonyl (C=O) groups is 1. The number of rotatable bonds is 4. The van der Waals surface area contributed by atoms with Gasteiger partial charge in [0.25, 0.3) is 11.5 Å². The minimum absolute atomic E-state index is 0.0206. The summed E-state index contributed by atoms with van der Waals surface area (Å²) in [6.07, 6.45) is 6.10. The van der Waals surface area contributed by atoms with E-state index in [1.54, 1.807) is 30.5 Å². The molecule has 1 fully saturated rings. The van der Waals surface area contributed by atoms with Crippen molar-refractivity contribution in [3.63, 3.8) is 0 Å². The number of amides is 1. The number of pyridine rings is 1. The summed E-state index contributed by atoms with van der Waals surface area (Å²) in [4.78, 5) is 26.0. The van der Waals surface area contributed by atoms with Crippen molar-refractivity contribution < 1.29 is 9.90 Å². The Bertz CT molecular complexity index is 1170. The lowest BCUT2D eigenvalue weighted by Crippen LogP contribution is -2.30. The number of benzene rings is 2. The fourth-order valence-corrected chi connectivity index (χ4v) is 4.59. The van der Waals surface area contributed by atoms with Gasteiger partial charge in [-0.05, 0) is 54.2 Å². The molecule has 1 aliphatic carbocycles. The third kappa shape index (κ3) is 4.49. The standard InChI is InChI=1S/C27H32N2O3/c1-27(2,3)20-14-12-18(13-15-20)24(30)28-23-11-7-10-22-21(23)16-17-29(26(22)32)25(31)19-8-5-4-6-9-19/h7,10-17,19,25,31H,4-6,8-9H2,1-3H3,(H,28,30). The van der Waals surface area contributed by atoms with Crippen molar-refractivity contribution >= 4 is 22.4 Å². The minimum atomic E-state index is -0.813. The van der Waals surface area contributed by atoms with Crippen molar-refractivity contribution in [1.82, 2.24) is 4.57 Å². The first kappa shape index (κ1) is 22.3. The van der Waals surface area contributed by atoms with Gasteiger partial charge in [-0.25, -0.2) is 0 Å². The van der Waals surface area contributed by atoms with E-state index >= 15 is 0 Å². The van der Waals surface area contributed by atoms with E-state index in [2.05, 4.69) is 26.1 Å². The Balaban J connectivity index is 1.60. The maximum absolute atomic E-state index is 13.1. The number of aliphatic hydroxyl groups excluding tert-OH is 1. The molecule has 5 nitrogen and oxygen atoms in total. The lowest BCUT2D eigenvalue weighted by Gasteiger charge is -2.28. The highest BCUT2D eigenvalue weighted by molar-refractivity contribution is 6.09. The van der Waals surface area contributed by atoms with Crippen LogP contribution in [0.1, 0.15) is 75.0 Å². The second-order valence-corrected chi connectivity index (χ2v) is 9.89. The van der Waals surface area contributed by atoms with Gasteiger partial charge in [-0.1, -0.05) is 58.2 Å². The molecule has 1 atom stereocenters. The van der Waals surface area contributed by atoms with Crippen LogP contribution in [0.25, 0.3) is 10.8 Å². The SMILES string of the molecule is CC(C)(C)c1ccc(C(=O)Nc2cccc3c(=O)n(C(O)C4CCCCC4)ccc23)cc1. The molecule has 32 heavy (non-hydrogen) atoms. The number of nitrogens with one attached hydrogen (secondary N) is 1. The molecule has 0 bridgehead atoms. The molecule has 0 radical (unpaired) electrons. The maximum Gasteiger partial charge on any atom is 0.260 e. The first-order chi connectivity index (χ1) is 15.3. The van der Waals surface area contributed by atoms with Gasteiger partial charge in [-0.3, -0.25) is 14.2 Å². The smallest absolute Gasteiger partial charge is 0.260 e. The molecule has 0 saturated heterocycles. The van der Waals surface area contributed by atoms with Gasteiger partial charge in [0.15, 0.2) is 0 Å². The molecule has 0 aliphatic heterocycles. The third-order valence-electron chi connectivity index (χ3n) is 6.59. The van der Waals surface area contributed by atoms with Gasteiger partial charge in [0, 0.05) is 34.1 Å². The molecule has 2 N–H and O–H groups in total. The summed E-state index contributed by atoms with van der Waals surface area (Å²) in [5.74, 6) is -0.109. The molecule has 1 aliphatic rings. The van der Waals surface area contributed by atoms with E-state index in [4.69, 9.17) is 0 Å². The van der Waals surface area contributed by atoms with Crippen LogP contribution in [-0.4, -0.2) is 15.6 Å². The Morgan fingerprint density at radius 2 is 1.69 bits per heavy atom. The monoisotopic (exact) mass is 432 g/mol. The normalized spacial score (nSPS) is 16.1. The van der Waals surface area contributed by atoms with Crippen LogP contribution < -0.4 is 10.9 Å². The van der Waals surface area contributed by atoms with E-state index in [9.17, 15) is 14.7 Å². The summed E-state index contributed by atoms with van der Waals surface area (Å²) in [7, 11) is 0. The van der Waals surface area contributed by atoms with Crippen LogP contribution in [0.4, 0.5) is 5.69 Å². The van der Waals surface area contributed by atoms with E-state index in [1.807, 2.05) is 24.3 Å². The average molecular weight is 433 g/mol. The van der Waals surface area contributed by atoms with Gasteiger partial charge in [-0.15, -0.1) is 0 Å². The number of nitrogens with zero attached hydrogens (tertiary/aromatic N) is 1. The predicted octanol–water partition coefficient (Wildman–Crippen LogP) is 5.62. The van der Waals surface area contributed by atoms with Gasteiger partial charge in [0.05, 0.1) is 0 Å². The fourth-order valence-electron chi connectivity index (χ4n) is 4.59. The van der Waals surface area contributed by atoms with Crippen LogP contribution in [0.5, 0.6) is 0 Å². The van der Waals surface area contributed by atoms with Crippen molar-refractivity contribution in [3.8, 4) is 0 Å². The zero-order valence-corrected chi connectivity index (χ0v) is 19.1. The highest BCUT2D eigenvalue weighted by Gasteiger charge is 2.24. The molecule has 5 heteroatoms. The van der Waals surface area contributed by atoms with Crippen LogP contribution in [0, 0.1) is 5.92 Å². The number of aliphatic hydroxyl groups is 1. The van der Waals surface area contributed by atoms with E-state index < -0.39 is 6.23 Å². The topological polar surface area (TPSA) is 71.3 Å². The molecule has 168 valence electrons. The highest BCUT2D eigenvalue weighted by atomic mass is 16.3. The number of carbonyl (C=O) groups excluding carboxylic acids is 1. The number of hydrogen-bond donors (Lipinski definition) is 2. The summed E-state index contributed by atoms with van der Waals surface area (Å²) in [6, 6.07) is 14.7. The Hall–Kier alpha value is -2.92. The van der Waals surface area contributed by atoms with E-state index in [0.29, 0.717) is 22.0 Å². The number of fused-ring (bicyclic) bond motifs is 1. The van der Waals surface area contributed by atoms with E-state index in [0.717, 1.165) is 31.2 Å². The van der Waals surface area contributed by atoms with Crippen molar-refractivity contribution in [2.75, 3.05) is 5.32 Å². The Morgan fingerprint density at radius 3 is 2.34 bits per heavy atom. The molecule has 3 aromatic rings. The highest BCUT2D eigenvalue weighted by Crippen LogP contribution is 2.31. The molecule has 1 amide bonds. The van der Waals surface area contributed by atoms with Crippen LogP contribution in [0.3, 0.4) is 0 Å². The molecule has 1 aromatic heterocycles. The second-order valence-electron chi connectivity index (χ2n) is 9.89. The lowest BCUT2D eigenvalue weighted by molar-refractivity contribution is 0.0210. The third-order valence-corrected chi connectivity index (χ3v) is 6.59. The summed E-state index contributed by atoms with van der Waals surface area (Å²) >= 11 is 0. The summed E-state index contributed by atoms with van der Waals surface area (Å²) in [5, 5.41) is 14.9. The largest absolute Gasteiger partial charge is 0.373 e. The van der Waals surface area contributed by atoms with Crippen LogP contribution in [0.15, 0.2) is 59.5 Å². The van der Waals surface area contributed by atoms with Crippen molar-refractivity contribution in [2.24, 2.45) is 5.92 Å². The van der Waals surface area contributed by atoms with Gasteiger partial charge in [0.2, 0.25) is 0 Å². The fraction of sp³-hybridized carbons (Fsp3) is 0.407. The summed E-state index contributed by atoms with van der Waals surface area (Å²) in [6.45, 7) is 6.41.